The molecule has 3 rings (SSSR count). The van der Waals surface area contributed by atoms with E-state index in [0.717, 1.165) is 26.1 Å². The van der Waals surface area contributed by atoms with E-state index in [1.54, 1.807) is 0 Å². The van der Waals surface area contributed by atoms with Crippen molar-refractivity contribution in [1.29, 1.82) is 0 Å². The molecule has 1 aliphatic heterocycles. The highest BCUT2D eigenvalue weighted by Crippen LogP contribution is 2.46. The molecule has 0 radical (unpaired) electrons. The Morgan fingerprint density at radius 1 is 1.40 bits per heavy atom. The Kier molecular flexibility index (Phi) is 3.47. The first kappa shape index (κ1) is 13.2. The van der Waals surface area contributed by atoms with Gasteiger partial charge in [0.1, 0.15) is 5.78 Å². The summed E-state index contributed by atoms with van der Waals surface area (Å²) in [5.74, 6) is 0.634. The number of hydrogen-bond donors (Lipinski definition) is 0. The Bertz CT molecular complexity index is 552. The lowest BCUT2D eigenvalue weighted by atomic mass is 9.80. The second kappa shape index (κ2) is 5.27. The fraction of sp³-hybridized carbons (Fsp3) is 0.533. The standard InChI is InChI=1S/C15H18N4O/c16-18-17-10-15-11-19(8-12-4-2-1-3-5-12)9-13(15)6-7-14(15)20/h1-5,13H,6-11H2. The van der Waals surface area contributed by atoms with Crippen LogP contribution in [0.15, 0.2) is 35.4 Å². The monoisotopic (exact) mass is 270 g/mol. The first-order chi connectivity index (χ1) is 9.74. The van der Waals surface area contributed by atoms with Gasteiger partial charge in [0.15, 0.2) is 0 Å². The third kappa shape index (κ3) is 2.19. The Labute approximate surface area is 118 Å². The predicted octanol–water partition coefficient (Wildman–Crippen LogP) is 2.78. The van der Waals surface area contributed by atoms with Gasteiger partial charge in [-0.3, -0.25) is 9.69 Å². The van der Waals surface area contributed by atoms with Crippen LogP contribution in [0.3, 0.4) is 0 Å². The molecule has 2 aliphatic rings. The number of azide groups is 1. The fourth-order valence-electron chi connectivity index (χ4n) is 3.70. The van der Waals surface area contributed by atoms with Gasteiger partial charge in [0.25, 0.3) is 0 Å². The maximum atomic E-state index is 12.3. The van der Waals surface area contributed by atoms with Crippen molar-refractivity contribution in [2.24, 2.45) is 16.4 Å². The summed E-state index contributed by atoms with van der Waals surface area (Å²) in [5.41, 5.74) is 9.41. The van der Waals surface area contributed by atoms with Crippen molar-refractivity contribution in [3.05, 3.63) is 46.3 Å². The molecular formula is C15H18N4O. The van der Waals surface area contributed by atoms with Gasteiger partial charge in [-0.2, -0.15) is 0 Å². The summed E-state index contributed by atoms with van der Waals surface area (Å²) in [6.45, 7) is 2.84. The van der Waals surface area contributed by atoms with E-state index >= 15 is 0 Å². The van der Waals surface area contributed by atoms with Gasteiger partial charge in [-0.05, 0) is 23.4 Å². The summed E-state index contributed by atoms with van der Waals surface area (Å²) in [5, 5.41) is 3.71. The van der Waals surface area contributed by atoms with E-state index in [-0.39, 0.29) is 5.78 Å². The van der Waals surface area contributed by atoms with Crippen LogP contribution >= 0.6 is 0 Å². The molecule has 0 bridgehead atoms. The number of hydrogen-bond acceptors (Lipinski definition) is 3. The number of nitrogens with zero attached hydrogens (tertiary/aromatic N) is 4. The molecule has 2 atom stereocenters. The average molecular weight is 270 g/mol. The van der Waals surface area contributed by atoms with Gasteiger partial charge in [-0.15, -0.1) is 0 Å². The zero-order valence-electron chi connectivity index (χ0n) is 11.4. The zero-order chi connectivity index (χ0) is 14.0. The van der Waals surface area contributed by atoms with E-state index in [2.05, 4.69) is 27.1 Å². The number of carbonyl (C=O) groups excluding carboxylic acids is 1. The van der Waals surface area contributed by atoms with Crippen LogP contribution in [0.1, 0.15) is 18.4 Å². The Hall–Kier alpha value is -1.84. The quantitative estimate of drug-likeness (QED) is 0.479. The van der Waals surface area contributed by atoms with Crippen LogP contribution in [-0.4, -0.2) is 30.3 Å². The molecule has 20 heavy (non-hydrogen) atoms. The lowest BCUT2D eigenvalue weighted by Gasteiger charge is -2.25. The maximum Gasteiger partial charge on any atom is 0.140 e. The smallest absolute Gasteiger partial charge is 0.140 e. The van der Waals surface area contributed by atoms with Gasteiger partial charge >= 0.3 is 0 Å². The molecule has 1 heterocycles. The second-order valence-corrected chi connectivity index (χ2v) is 5.86. The van der Waals surface area contributed by atoms with Crippen LogP contribution in [0.4, 0.5) is 0 Å². The highest BCUT2D eigenvalue weighted by atomic mass is 16.1. The molecule has 1 saturated heterocycles. The Balaban J connectivity index is 1.76. The molecule has 5 heteroatoms. The molecule has 0 N–H and O–H groups in total. The molecule has 0 spiro atoms. The van der Waals surface area contributed by atoms with Crippen molar-refractivity contribution in [2.75, 3.05) is 19.6 Å². The van der Waals surface area contributed by atoms with Crippen LogP contribution in [0.5, 0.6) is 0 Å². The van der Waals surface area contributed by atoms with Crippen LogP contribution in [0, 0.1) is 11.3 Å². The number of carbonyl (C=O) groups is 1. The zero-order valence-corrected chi connectivity index (χ0v) is 11.4. The van der Waals surface area contributed by atoms with E-state index in [0.29, 0.717) is 18.9 Å². The van der Waals surface area contributed by atoms with E-state index in [4.69, 9.17) is 5.53 Å². The fourth-order valence-corrected chi connectivity index (χ4v) is 3.70. The molecule has 2 fully saturated rings. The molecule has 1 saturated carbocycles. The first-order valence-electron chi connectivity index (χ1n) is 7.05. The summed E-state index contributed by atoms with van der Waals surface area (Å²) in [7, 11) is 0. The van der Waals surface area contributed by atoms with Crippen molar-refractivity contribution in [3.8, 4) is 0 Å². The normalized spacial score (nSPS) is 29.2. The summed E-state index contributed by atoms with van der Waals surface area (Å²) >= 11 is 0. The van der Waals surface area contributed by atoms with Crippen LogP contribution in [0.25, 0.3) is 10.4 Å². The van der Waals surface area contributed by atoms with Gasteiger partial charge in [0.2, 0.25) is 0 Å². The van der Waals surface area contributed by atoms with Crippen LogP contribution < -0.4 is 0 Å². The summed E-state index contributed by atoms with van der Waals surface area (Å²) in [6.07, 6.45) is 1.58. The van der Waals surface area contributed by atoms with E-state index in [9.17, 15) is 4.79 Å². The summed E-state index contributed by atoms with van der Waals surface area (Å²) in [6, 6.07) is 10.3. The highest BCUT2D eigenvalue weighted by Gasteiger charge is 2.54. The van der Waals surface area contributed by atoms with Gasteiger partial charge in [-0.25, -0.2) is 0 Å². The van der Waals surface area contributed by atoms with Crippen molar-refractivity contribution in [3.63, 3.8) is 0 Å². The number of fused-ring (bicyclic) bond motifs is 1. The molecule has 0 aromatic heterocycles. The molecule has 2 unspecified atom stereocenters. The average Bonchev–Trinajstić information content (AvgIpc) is 2.95. The number of Topliss-reactive ketones (excluding diaryl/α,β-unsaturated/α-hetero) is 1. The third-order valence-corrected chi connectivity index (χ3v) is 4.71. The summed E-state index contributed by atoms with van der Waals surface area (Å²) < 4.78 is 0. The third-order valence-electron chi connectivity index (χ3n) is 4.71. The van der Waals surface area contributed by atoms with E-state index in [1.807, 2.05) is 18.2 Å². The lowest BCUT2D eigenvalue weighted by Crippen LogP contribution is -2.37. The van der Waals surface area contributed by atoms with Crippen molar-refractivity contribution >= 4 is 5.78 Å². The predicted molar refractivity (Wildman–Crippen MR) is 75.9 cm³/mol. The molecule has 104 valence electrons. The molecule has 0 amide bonds. The van der Waals surface area contributed by atoms with E-state index < -0.39 is 5.41 Å². The maximum absolute atomic E-state index is 12.3. The number of benzene rings is 1. The van der Waals surface area contributed by atoms with Crippen molar-refractivity contribution in [2.45, 2.75) is 19.4 Å². The Morgan fingerprint density at radius 2 is 2.20 bits per heavy atom. The Morgan fingerprint density at radius 3 is 2.95 bits per heavy atom. The number of ketones is 1. The molecule has 1 aromatic rings. The minimum absolute atomic E-state index is 0.283. The van der Waals surface area contributed by atoms with Crippen LogP contribution in [0.2, 0.25) is 0 Å². The van der Waals surface area contributed by atoms with Crippen molar-refractivity contribution < 1.29 is 4.79 Å². The van der Waals surface area contributed by atoms with Gasteiger partial charge in [0, 0.05) is 37.5 Å². The summed E-state index contributed by atoms with van der Waals surface area (Å²) in [4.78, 5) is 17.4. The van der Waals surface area contributed by atoms with Crippen LogP contribution in [-0.2, 0) is 11.3 Å². The number of rotatable bonds is 4. The number of likely N-dealkylation sites (tertiary alicyclic amines) is 1. The van der Waals surface area contributed by atoms with Crippen molar-refractivity contribution in [1.82, 2.24) is 4.90 Å². The SMILES string of the molecule is [N-]=[N+]=NCC12CN(Cc3ccccc3)CC1CCC2=O. The largest absolute Gasteiger partial charge is 0.299 e. The minimum atomic E-state index is -0.416. The molecular weight excluding hydrogens is 252 g/mol. The highest BCUT2D eigenvalue weighted by molar-refractivity contribution is 5.88. The molecule has 1 aliphatic carbocycles. The molecule has 1 aromatic carbocycles. The first-order valence-corrected chi connectivity index (χ1v) is 7.05. The topological polar surface area (TPSA) is 69.1 Å². The second-order valence-electron chi connectivity index (χ2n) is 5.86. The lowest BCUT2D eigenvalue weighted by molar-refractivity contribution is -0.125. The van der Waals surface area contributed by atoms with Gasteiger partial charge in [0.05, 0.1) is 5.41 Å². The van der Waals surface area contributed by atoms with E-state index in [1.165, 1.54) is 5.56 Å². The minimum Gasteiger partial charge on any atom is -0.299 e. The van der Waals surface area contributed by atoms with Gasteiger partial charge < -0.3 is 0 Å². The molecule has 5 nitrogen and oxygen atoms in total. The van der Waals surface area contributed by atoms with Gasteiger partial charge in [-0.1, -0.05) is 35.4 Å².